The molecule has 1 aromatic heterocycles. The molecule has 2 rings (SSSR count). The second-order valence-electron chi connectivity index (χ2n) is 6.26. The van der Waals surface area contributed by atoms with Gasteiger partial charge in [-0.05, 0) is 50.6 Å². The molecule has 0 radical (unpaired) electrons. The predicted molar refractivity (Wildman–Crippen MR) is 96.0 cm³/mol. The molecule has 1 heterocycles. The van der Waals surface area contributed by atoms with Gasteiger partial charge in [0.25, 0.3) is 0 Å². The van der Waals surface area contributed by atoms with Crippen LogP contribution >= 0.6 is 0 Å². The van der Waals surface area contributed by atoms with Gasteiger partial charge in [-0.15, -0.1) is 0 Å². The monoisotopic (exact) mass is 332 g/mol. The van der Waals surface area contributed by atoms with Gasteiger partial charge in [0, 0.05) is 13.1 Å². The van der Waals surface area contributed by atoms with Gasteiger partial charge in [0.2, 0.25) is 5.91 Å². The summed E-state index contributed by atoms with van der Waals surface area (Å²) in [5.74, 6) is -0.00858. The molecular formula is C18H28N4O2. The predicted octanol–water partition coefficient (Wildman–Crippen LogP) is 1.47. The standard InChI is InChI=1S/C18H28N4O2/c1-5-19-18(24)11-21(6-2)9-15(23)10-22-12-20-16-7-13(3)14(4)8-17(16)22/h7-8,12,15,23H,5-6,9-11H2,1-4H3,(H,19,24). The molecular weight excluding hydrogens is 304 g/mol. The fourth-order valence-electron chi connectivity index (χ4n) is 2.80. The van der Waals surface area contributed by atoms with Crippen LogP contribution in [0.2, 0.25) is 0 Å². The highest BCUT2D eigenvalue weighted by molar-refractivity contribution is 5.78. The summed E-state index contributed by atoms with van der Waals surface area (Å²) < 4.78 is 1.98. The molecule has 0 spiro atoms. The van der Waals surface area contributed by atoms with Gasteiger partial charge in [-0.3, -0.25) is 9.69 Å². The van der Waals surface area contributed by atoms with Crippen LogP contribution in [0.1, 0.15) is 25.0 Å². The summed E-state index contributed by atoms with van der Waals surface area (Å²) in [6.07, 6.45) is 1.21. The fraction of sp³-hybridized carbons (Fsp3) is 0.556. The van der Waals surface area contributed by atoms with E-state index in [4.69, 9.17) is 0 Å². The van der Waals surface area contributed by atoms with Crippen LogP contribution in [0.15, 0.2) is 18.5 Å². The molecule has 2 aromatic rings. The minimum Gasteiger partial charge on any atom is -0.390 e. The summed E-state index contributed by atoms with van der Waals surface area (Å²) in [5.41, 5.74) is 4.40. The van der Waals surface area contributed by atoms with Crippen molar-refractivity contribution in [1.29, 1.82) is 0 Å². The number of nitrogens with zero attached hydrogens (tertiary/aromatic N) is 3. The normalized spacial score (nSPS) is 12.8. The lowest BCUT2D eigenvalue weighted by Gasteiger charge is -2.23. The van der Waals surface area contributed by atoms with Crippen molar-refractivity contribution in [2.24, 2.45) is 0 Å². The van der Waals surface area contributed by atoms with Gasteiger partial charge < -0.3 is 15.0 Å². The molecule has 1 atom stereocenters. The number of aliphatic hydroxyl groups excluding tert-OH is 1. The Morgan fingerprint density at radius 2 is 2.04 bits per heavy atom. The molecule has 0 bridgehead atoms. The molecule has 0 aliphatic heterocycles. The number of fused-ring (bicyclic) bond motifs is 1. The van der Waals surface area contributed by atoms with Crippen molar-refractivity contribution in [1.82, 2.24) is 19.8 Å². The first-order valence-corrected chi connectivity index (χ1v) is 8.53. The van der Waals surface area contributed by atoms with Crippen LogP contribution in [-0.4, -0.2) is 57.7 Å². The van der Waals surface area contributed by atoms with E-state index in [1.807, 2.05) is 23.3 Å². The number of nitrogens with one attached hydrogen (secondary N) is 1. The highest BCUT2D eigenvalue weighted by atomic mass is 16.3. The van der Waals surface area contributed by atoms with E-state index in [9.17, 15) is 9.90 Å². The molecule has 6 heteroatoms. The lowest BCUT2D eigenvalue weighted by Crippen LogP contribution is -2.41. The van der Waals surface area contributed by atoms with Gasteiger partial charge in [-0.1, -0.05) is 6.92 Å². The van der Waals surface area contributed by atoms with E-state index >= 15 is 0 Å². The Hall–Kier alpha value is -1.92. The highest BCUT2D eigenvalue weighted by Gasteiger charge is 2.15. The minimum atomic E-state index is -0.557. The third-order valence-corrected chi connectivity index (χ3v) is 4.30. The van der Waals surface area contributed by atoms with Crippen molar-refractivity contribution in [3.63, 3.8) is 0 Å². The summed E-state index contributed by atoms with van der Waals surface area (Å²) >= 11 is 0. The van der Waals surface area contributed by atoms with E-state index in [0.717, 1.165) is 17.6 Å². The summed E-state index contributed by atoms with van der Waals surface area (Å²) in [4.78, 5) is 18.1. The first-order chi connectivity index (χ1) is 11.4. The quantitative estimate of drug-likeness (QED) is 0.768. The number of amides is 1. The molecule has 1 aromatic carbocycles. The number of aryl methyl sites for hydroxylation is 2. The molecule has 6 nitrogen and oxygen atoms in total. The van der Waals surface area contributed by atoms with E-state index in [1.54, 1.807) is 6.33 Å². The second-order valence-corrected chi connectivity index (χ2v) is 6.26. The lowest BCUT2D eigenvalue weighted by molar-refractivity contribution is -0.122. The topological polar surface area (TPSA) is 70.4 Å². The van der Waals surface area contributed by atoms with Crippen LogP contribution in [0.25, 0.3) is 11.0 Å². The number of aromatic nitrogens is 2. The number of imidazole rings is 1. The van der Waals surface area contributed by atoms with Crippen LogP contribution in [0.4, 0.5) is 0 Å². The van der Waals surface area contributed by atoms with E-state index < -0.39 is 6.10 Å². The zero-order valence-electron chi connectivity index (χ0n) is 15.0. The Kier molecular flexibility index (Phi) is 6.34. The van der Waals surface area contributed by atoms with Gasteiger partial charge in [0.15, 0.2) is 0 Å². The Bertz CT molecular complexity index is 696. The minimum absolute atomic E-state index is 0.00858. The maximum Gasteiger partial charge on any atom is 0.234 e. The third kappa shape index (κ3) is 4.55. The van der Waals surface area contributed by atoms with Gasteiger partial charge in [-0.25, -0.2) is 4.98 Å². The number of carbonyl (C=O) groups is 1. The molecule has 1 unspecified atom stereocenters. The van der Waals surface area contributed by atoms with Crippen molar-refractivity contribution in [3.8, 4) is 0 Å². The molecule has 0 saturated heterocycles. The first-order valence-electron chi connectivity index (χ1n) is 8.53. The van der Waals surface area contributed by atoms with Gasteiger partial charge in [0.1, 0.15) is 0 Å². The van der Waals surface area contributed by atoms with Crippen LogP contribution in [0.5, 0.6) is 0 Å². The molecule has 0 saturated carbocycles. The number of rotatable bonds is 8. The highest BCUT2D eigenvalue weighted by Crippen LogP contribution is 2.18. The smallest absolute Gasteiger partial charge is 0.234 e. The van der Waals surface area contributed by atoms with Crippen molar-refractivity contribution >= 4 is 16.9 Å². The third-order valence-electron chi connectivity index (χ3n) is 4.30. The zero-order valence-corrected chi connectivity index (χ0v) is 15.0. The fourth-order valence-corrected chi connectivity index (χ4v) is 2.80. The number of likely N-dealkylation sites (N-methyl/N-ethyl adjacent to an activating group) is 2. The summed E-state index contributed by atoms with van der Waals surface area (Å²) in [6, 6.07) is 4.18. The average Bonchev–Trinajstić information content (AvgIpc) is 2.89. The number of carbonyl (C=O) groups excluding carboxylic acids is 1. The van der Waals surface area contributed by atoms with E-state index in [-0.39, 0.29) is 5.91 Å². The Morgan fingerprint density at radius 1 is 1.33 bits per heavy atom. The molecule has 132 valence electrons. The van der Waals surface area contributed by atoms with Gasteiger partial charge in [0.05, 0.1) is 36.6 Å². The zero-order chi connectivity index (χ0) is 17.7. The van der Waals surface area contributed by atoms with E-state index in [0.29, 0.717) is 26.2 Å². The summed E-state index contributed by atoms with van der Waals surface area (Å²) in [5, 5.41) is 13.2. The second kappa shape index (κ2) is 8.26. The van der Waals surface area contributed by atoms with Crippen LogP contribution in [-0.2, 0) is 11.3 Å². The summed E-state index contributed by atoms with van der Waals surface area (Å²) in [6.45, 7) is 10.6. The van der Waals surface area contributed by atoms with E-state index in [1.165, 1.54) is 11.1 Å². The molecule has 0 aliphatic carbocycles. The lowest BCUT2D eigenvalue weighted by atomic mass is 10.1. The van der Waals surface area contributed by atoms with Crippen molar-refractivity contribution in [2.45, 2.75) is 40.3 Å². The summed E-state index contributed by atoms with van der Waals surface area (Å²) in [7, 11) is 0. The largest absolute Gasteiger partial charge is 0.390 e. The number of aliphatic hydroxyl groups is 1. The molecule has 24 heavy (non-hydrogen) atoms. The molecule has 1 amide bonds. The Balaban J connectivity index is 2.02. The molecule has 0 fully saturated rings. The van der Waals surface area contributed by atoms with Gasteiger partial charge >= 0.3 is 0 Å². The van der Waals surface area contributed by atoms with Crippen molar-refractivity contribution in [3.05, 3.63) is 29.6 Å². The Labute approximate surface area is 143 Å². The van der Waals surface area contributed by atoms with E-state index in [2.05, 4.69) is 36.3 Å². The molecule has 2 N–H and O–H groups in total. The first kappa shape index (κ1) is 18.4. The number of benzene rings is 1. The van der Waals surface area contributed by atoms with Crippen molar-refractivity contribution in [2.75, 3.05) is 26.2 Å². The average molecular weight is 332 g/mol. The maximum atomic E-state index is 11.7. The van der Waals surface area contributed by atoms with Crippen LogP contribution in [0.3, 0.4) is 0 Å². The van der Waals surface area contributed by atoms with Crippen LogP contribution < -0.4 is 5.32 Å². The van der Waals surface area contributed by atoms with Crippen molar-refractivity contribution < 1.29 is 9.90 Å². The molecule has 0 aliphatic rings. The maximum absolute atomic E-state index is 11.7. The van der Waals surface area contributed by atoms with Gasteiger partial charge in [-0.2, -0.15) is 0 Å². The number of hydrogen-bond acceptors (Lipinski definition) is 4. The SMILES string of the molecule is CCNC(=O)CN(CC)CC(O)Cn1cnc2cc(C)c(C)cc21. The Morgan fingerprint density at radius 3 is 2.71 bits per heavy atom. The van der Waals surface area contributed by atoms with Crippen LogP contribution in [0, 0.1) is 13.8 Å². The number of hydrogen-bond donors (Lipinski definition) is 2.